The molecule has 1 aromatic carbocycles. The molecular formula is C22H32N6O3S. The summed E-state index contributed by atoms with van der Waals surface area (Å²) in [5.74, 6) is 1.32. The van der Waals surface area contributed by atoms with Crippen LogP contribution >= 0.6 is 0 Å². The molecule has 0 bridgehead atoms. The Morgan fingerprint density at radius 1 is 1.22 bits per heavy atom. The molecule has 1 fully saturated rings. The molecule has 1 saturated carbocycles. The monoisotopic (exact) mass is 460 g/mol. The number of nitrogen functional groups attached to an aromatic ring is 1. The van der Waals surface area contributed by atoms with Gasteiger partial charge in [0.25, 0.3) is 0 Å². The summed E-state index contributed by atoms with van der Waals surface area (Å²) in [4.78, 5) is 10.6. The minimum absolute atomic E-state index is 0.0849. The third-order valence-corrected chi connectivity index (χ3v) is 7.26. The summed E-state index contributed by atoms with van der Waals surface area (Å²) in [6, 6.07) is 7.12. The number of hydrogen-bond acceptors (Lipinski definition) is 8. The molecule has 2 aromatic rings. The van der Waals surface area contributed by atoms with E-state index in [2.05, 4.69) is 16.9 Å². The second kappa shape index (κ2) is 9.41. The second-order valence-electron chi connectivity index (χ2n) is 8.19. The van der Waals surface area contributed by atoms with Crippen molar-refractivity contribution in [2.45, 2.75) is 38.7 Å². The molecule has 32 heavy (non-hydrogen) atoms. The highest BCUT2D eigenvalue weighted by molar-refractivity contribution is 7.88. The van der Waals surface area contributed by atoms with Gasteiger partial charge in [0.2, 0.25) is 10.0 Å². The number of anilines is 2. The largest absolute Gasteiger partial charge is 0.487 e. The molecular weight excluding hydrogens is 428 g/mol. The normalized spacial score (nSPS) is 14.9. The minimum Gasteiger partial charge on any atom is -0.487 e. The number of sulfonamides is 1. The van der Waals surface area contributed by atoms with E-state index in [4.69, 9.17) is 15.9 Å². The van der Waals surface area contributed by atoms with Crippen molar-refractivity contribution in [3.63, 3.8) is 0 Å². The lowest BCUT2D eigenvalue weighted by Crippen LogP contribution is -2.36. The summed E-state index contributed by atoms with van der Waals surface area (Å²) in [6.07, 6.45) is 5.62. The first kappa shape index (κ1) is 23.9. The molecule has 1 heterocycles. The van der Waals surface area contributed by atoms with Gasteiger partial charge in [-0.25, -0.2) is 22.7 Å². The van der Waals surface area contributed by atoms with Crippen LogP contribution in [0.2, 0.25) is 0 Å². The number of nitrogens with zero attached hydrogens (tertiary/aromatic N) is 4. The summed E-state index contributed by atoms with van der Waals surface area (Å²) in [7, 11) is -1.70. The molecule has 0 saturated heterocycles. The summed E-state index contributed by atoms with van der Waals surface area (Å²) in [5.41, 5.74) is 7.74. The van der Waals surface area contributed by atoms with Crippen LogP contribution < -0.4 is 15.4 Å². The van der Waals surface area contributed by atoms with E-state index in [1.165, 1.54) is 16.9 Å². The smallest absolute Gasteiger partial charge is 0.211 e. The quantitative estimate of drug-likeness (QED) is 0.390. The number of nitrogens with two attached hydrogens (primary N) is 1. The molecule has 9 nitrogen and oxygen atoms in total. The number of nitrogens with one attached hydrogen (secondary N) is 1. The molecule has 1 aromatic heterocycles. The van der Waals surface area contributed by atoms with Gasteiger partial charge in [-0.15, -0.1) is 0 Å². The van der Waals surface area contributed by atoms with E-state index in [1.807, 2.05) is 17.9 Å². The van der Waals surface area contributed by atoms with Crippen LogP contribution in [0.1, 0.15) is 44.4 Å². The highest BCUT2D eigenvalue weighted by Crippen LogP contribution is 2.43. The van der Waals surface area contributed by atoms with Gasteiger partial charge in [0.05, 0.1) is 17.7 Å². The third kappa shape index (κ3) is 5.55. The highest BCUT2D eigenvalue weighted by Gasteiger charge is 2.43. The minimum atomic E-state index is -3.25. The van der Waals surface area contributed by atoms with Crippen LogP contribution in [0.25, 0.3) is 0 Å². The van der Waals surface area contributed by atoms with Gasteiger partial charge in [-0.2, -0.15) is 0 Å². The van der Waals surface area contributed by atoms with E-state index in [-0.39, 0.29) is 11.3 Å². The van der Waals surface area contributed by atoms with Crippen molar-refractivity contribution in [1.82, 2.24) is 14.3 Å². The Morgan fingerprint density at radius 3 is 2.53 bits per heavy atom. The Bertz CT molecular complexity index is 1080. The molecule has 0 spiro atoms. The van der Waals surface area contributed by atoms with E-state index in [1.54, 1.807) is 25.2 Å². The van der Waals surface area contributed by atoms with Crippen LogP contribution in [0, 0.1) is 5.41 Å². The predicted octanol–water partition coefficient (Wildman–Crippen LogP) is 2.51. The summed E-state index contributed by atoms with van der Waals surface area (Å²) in [6.45, 7) is 5.51. The number of aromatic nitrogens is 2. The standard InChI is InChI=1S/C22H32N6O3S/c1-5-22(9-10-22)31-16-7-8-18(23)17(13-16)21(24)19-14-20(26-15-25-19)28(6-2)12-11-27(3)32(4,29)30/h7-8,13-15,24H,5-6,9-12,23H2,1-4H3. The Hall–Kier alpha value is -2.72. The third-order valence-electron chi connectivity index (χ3n) is 5.95. The molecule has 174 valence electrons. The summed E-state index contributed by atoms with van der Waals surface area (Å²) < 4.78 is 30.8. The van der Waals surface area contributed by atoms with Crippen molar-refractivity contribution >= 4 is 27.2 Å². The fraction of sp³-hybridized carbons (Fsp3) is 0.500. The molecule has 0 aliphatic heterocycles. The van der Waals surface area contributed by atoms with Crippen LogP contribution in [-0.2, 0) is 10.0 Å². The van der Waals surface area contributed by atoms with Crippen LogP contribution in [0.4, 0.5) is 11.5 Å². The van der Waals surface area contributed by atoms with Crippen molar-refractivity contribution in [3.05, 3.63) is 41.9 Å². The lowest BCUT2D eigenvalue weighted by molar-refractivity contribution is 0.174. The molecule has 10 heteroatoms. The van der Waals surface area contributed by atoms with Gasteiger partial charge < -0.3 is 15.4 Å². The predicted molar refractivity (Wildman–Crippen MR) is 127 cm³/mol. The number of likely N-dealkylation sites (N-methyl/N-ethyl adjacent to an activating group) is 2. The van der Waals surface area contributed by atoms with Crippen LogP contribution in [0.3, 0.4) is 0 Å². The lowest BCUT2D eigenvalue weighted by Gasteiger charge is -2.24. The van der Waals surface area contributed by atoms with Crippen molar-refractivity contribution in [1.29, 1.82) is 5.41 Å². The van der Waals surface area contributed by atoms with Gasteiger partial charge >= 0.3 is 0 Å². The average molecular weight is 461 g/mol. The Morgan fingerprint density at radius 2 is 1.94 bits per heavy atom. The van der Waals surface area contributed by atoms with Crippen molar-refractivity contribution in [2.24, 2.45) is 0 Å². The molecule has 0 unspecified atom stereocenters. The molecule has 1 aliphatic rings. The molecule has 3 rings (SSSR count). The van der Waals surface area contributed by atoms with Crippen molar-refractivity contribution in [3.8, 4) is 5.75 Å². The zero-order valence-electron chi connectivity index (χ0n) is 19.1. The second-order valence-corrected chi connectivity index (χ2v) is 10.3. The Labute approximate surface area is 190 Å². The maximum Gasteiger partial charge on any atom is 0.211 e. The van der Waals surface area contributed by atoms with Gasteiger partial charge in [0.1, 0.15) is 23.5 Å². The van der Waals surface area contributed by atoms with Gasteiger partial charge in [0.15, 0.2) is 0 Å². The van der Waals surface area contributed by atoms with Gasteiger partial charge in [-0.1, -0.05) is 6.92 Å². The first-order chi connectivity index (χ1) is 15.1. The van der Waals surface area contributed by atoms with Gasteiger partial charge in [0, 0.05) is 44.0 Å². The summed E-state index contributed by atoms with van der Waals surface area (Å²) >= 11 is 0. The number of ether oxygens (including phenoxy) is 1. The Kier molecular flexibility index (Phi) is 7.04. The van der Waals surface area contributed by atoms with E-state index in [0.717, 1.165) is 19.3 Å². The fourth-order valence-electron chi connectivity index (χ4n) is 3.39. The van der Waals surface area contributed by atoms with Gasteiger partial charge in [-0.05, 0) is 44.4 Å². The zero-order valence-corrected chi connectivity index (χ0v) is 19.9. The average Bonchev–Trinajstić information content (AvgIpc) is 3.54. The van der Waals surface area contributed by atoms with Crippen molar-refractivity contribution < 1.29 is 13.2 Å². The van der Waals surface area contributed by atoms with Gasteiger partial charge in [-0.3, -0.25) is 5.41 Å². The van der Waals surface area contributed by atoms with Crippen molar-refractivity contribution in [2.75, 3.05) is 43.6 Å². The zero-order chi connectivity index (χ0) is 23.5. The SMILES string of the molecule is CCN(CCN(C)S(C)(=O)=O)c1cc(C(=N)c2cc(OC3(CC)CC3)ccc2N)ncn1. The lowest BCUT2D eigenvalue weighted by atomic mass is 10.0. The van der Waals surface area contributed by atoms with E-state index < -0.39 is 10.0 Å². The van der Waals surface area contributed by atoms with E-state index in [0.29, 0.717) is 48.1 Å². The molecule has 0 atom stereocenters. The first-order valence-electron chi connectivity index (χ1n) is 10.7. The van der Waals surface area contributed by atoms with Crippen LogP contribution in [0.5, 0.6) is 5.75 Å². The van der Waals surface area contributed by atoms with E-state index >= 15 is 0 Å². The maximum absolute atomic E-state index is 11.7. The highest BCUT2D eigenvalue weighted by atomic mass is 32.2. The molecule has 0 amide bonds. The number of rotatable bonds is 11. The van der Waals surface area contributed by atoms with Crippen LogP contribution in [-0.4, -0.2) is 66.9 Å². The van der Waals surface area contributed by atoms with Crippen LogP contribution in [0.15, 0.2) is 30.6 Å². The van der Waals surface area contributed by atoms with E-state index in [9.17, 15) is 8.42 Å². The maximum atomic E-state index is 11.7. The first-order valence-corrected chi connectivity index (χ1v) is 12.6. The molecule has 3 N–H and O–H groups in total. The topological polar surface area (TPSA) is 126 Å². The summed E-state index contributed by atoms with van der Waals surface area (Å²) in [5, 5.41) is 8.71. The molecule has 1 aliphatic carbocycles. The number of hydrogen-bond donors (Lipinski definition) is 2. The Balaban J connectivity index is 1.80. The fourth-order valence-corrected chi connectivity index (χ4v) is 3.80. The number of benzene rings is 1. The molecule has 0 radical (unpaired) electrons.